The molecule has 0 radical (unpaired) electrons. The third-order valence-corrected chi connectivity index (χ3v) is 3.77. The van der Waals surface area contributed by atoms with E-state index >= 15 is 0 Å². The van der Waals surface area contributed by atoms with Gasteiger partial charge in [-0.05, 0) is 30.3 Å². The molecule has 2 aromatic carbocycles. The first-order valence-electron chi connectivity index (χ1n) is 8.21. The van der Waals surface area contributed by atoms with Crippen LogP contribution in [0, 0.1) is 11.3 Å². The lowest BCUT2D eigenvalue weighted by molar-refractivity contribution is -0.112. The van der Waals surface area contributed by atoms with Gasteiger partial charge in [0.1, 0.15) is 11.6 Å². The molecule has 136 valence electrons. The Bertz CT molecular complexity index is 1070. The molecular weight excluding hydrogens is 356 g/mol. The second-order valence-electron chi connectivity index (χ2n) is 5.71. The summed E-state index contributed by atoms with van der Waals surface area (Å²) in [5.74, 6) is -1.13. The van der Waals surface area contributed by atoms with Crippen LogP contribution in [0.25, 0.3) is 17.5 Å². The van der Waals surface area contributed by atoms with Gasteiger partial charge in [-0.3, -0.25) is 4.79 Å². The summed E-state index contributed by atoms with van der Waals surface area (Å²) < 4.78 is 0. The first kappa shape index (κ1) is 18.5. The molecule has 0 saturated carbocycles. The molecule has 0 spiro atoms. The first-order chi connectivity index (χ1) is 13.6. The molecular formula is C21H14N4O3. The highest BCUT2D eigenvalue weighted by molar-refractivity contribution is 6.09. The molecule has 0 aliphatic heterocycles. The van der Waals surface area contributed by atoms with Gasteiger partial charge in [-0.15, -0.1) is 0 Å². The Labute approximate surface area is 160 Å². The van der Waals surface area contributed by atoms with E-state index in [1.807, 2.05) is 36.4 Å². The number of nitriles is 1. The van der Waals surface area contributed by atoms with Crippen LogP contribution in [-0.2, 0) is 4.79 Å². The SMILES string of the molecule is N#CC(=Cc1cnc(-c2ccccc2)nc1)C(=O)Nc1ccc(C(=O)O)cc1. The highest BCUT2D eigenvalue weighted by atomic mass is 16.4. The van der Waals surface area contributed by atoms with E-state index in [0.717, 1.165) is 5.56 Å². The van der Waals surface area contributed by atoms with E-state index in [1.54, 1.807) is 0 Å². The zero-order valence-electron chi connectivity index (χ0n) is 14.5. The lowest BCUT2D eigenvalue weighted by Crippen LogP contribution is -2.13. The summed E-state index contributed by atoms with van der Waals surface area (Å²) in [6, 6.07) is 16.9. The van der Waals surface area contributed by atoms with E-state index in [4.69, 9.17) is 5.11 Å². The molecule has 7 heteroatoms. The smallest absolute Gasteiger partial charge is 0.335 e. The van der Waals surface area contributed by atoms with Crippen LogP contribution in [0.4, 0.5) is 5.69 Å². The number of benzene rings is 2. The maximum atomic E-state index is 12.3. The Morgan fingerprint density at radius 1 is 1.00 bits per heavy atom. The molecule has 0 fully saturated rings. The van der Waals surface area contributed by atoms with Crippen LogP contribution in [0.5, 0.6) is 0 Å². The van der Waals surface area contributed by atoms with Gasteiger partial charge in [0.25, 0.3) is 5.91 Å². The van der Waals surface area contributed by atoms with Crippen molar-refractivity contribution in [3.05, 3.63) is 83.7 Å². The quantitative estimate of drug-likeness (QED) is 0.525. The number of hydrogen-bond acceptors (Lipinski definition) is 5. The summed E-state index contributed by atoms with van der Waals surface area (Å²) in [5, 5.41) is 20.7. The normalized spacial score (nSPS) is 10.8. The summed E-state index contributed by atoms with van der Waals surface area (Å²) in [6.45, 7) is 0. The lowest BCUT2D eigenvalue weighted by Gasteiger charge is -2.05. The Hall–Kier alpha value is -4.31. The Morgan fingerprint density at radius 3 is 2.21 bits per heavy atom. The number of carboxylic acid groups (broad SMARTS) is 1. The van der Waals surface area contributed by atoms with E-state index in [-0.39, 0.29) is 11.1 Å². The van der Waals surface area contributed by atoms with Crippen molar-refractivity contribution in [1.29, 1.82) is 5.26 Å². The van der Waals surface area contributed by atoms with Crippen LogP contribution in [-0.4, -0.2) is 27.0 Å². The molecule has 0 aliphatic rings. The fraction of sp³-hybridized carbons (Fsp3) is 0. The van der Waals surface area contributed by atoms with Gasteiger partial charge in [0.2, 0.25) is 0 Å². The van der Waals surface area contributed by atoms with Crippen molar-refractivity contribution >= 4 is 23.6 Å². The highest BCUT2D eigenvalue weighted by Gasteiger charge is 2.11. The van der Waals surface area contributed by atoms with Crippen LogP contribution >= 0.6 is 0 Å². The predicted octanol–water partition coefficient (Wildman–Crippen LogP) is 3.39. The van der Waals surface area contributed by atoms with E-state index in [1.165, 1.54) is 42.7 Å². The zero-order valence-corrected chi connectivity index (χ0v) is 14.5. The molecule has 1 aromatic heterocycles. The van der Waals surface area contributed by atoms with E-state index in [9.17, 15) is 14.9 Å². The molecule has 0 atom stereocenters. The van der Waals surface area contributed by atoms with Crippen molar-refractivity contribution in [2.45, 2.75) is 0 Å². The minimum atomic E-state index is -1.06. The van der Waals surface area contributed by atoms with Crippen LogP contribution in [0.3, 0.4) is 0 Å². The van der Waals surface area contributed by atoms with Crippen molar-refractivity contribution in [2.24, 2.45) is 0 Å². The van der Waals surface area contributed by atoms with E-state index < -0.39 is 11.9 Å². The summed E-state index contributed by atoms with van der Waals surface area (Å²) in [5.41, 5.74) is 1.73. The average molecular weight is 370 g/mol. The maximum absolute atomic E-state index is 12.3. The maximum Gasteiger partial charge on any atom is 0.335 e. The number of rotatable bonds is 5. The van der Waals surface area contributed by atoms with Gasteiger partial charge in [-0.25, -0.2) is 14.8 Å². The molecule has 2 N–H and O–H groups in total. The highest BCUT2D eigenvalue weighted by Crippen LogP contribution is 2.15. The van der Waals surface area contributed by atoms with Gasteiger partial charge in [0, 0.05) is 29.2 Å². The molecule has 0 unspecified atom stereocenters. The van der Waals surface area contributed by atoms with E-state index in [2.05, 4.69) is 15.3 Å². The number of hydrogen-bond donors (Lipinski definition) is 2. The van der Waals surface area contributed by atoms with Gasteiger partial charge in [0.15, 0.2) is 5.82 Å². The minimum absolute atomic E-state index is 0.102. The van der Waals surface area contributed by atoms with Crippen LogP contribution in [0.1, 0.15) is 15.9 Å². The minimum Gasteiger partial charge on any atom is -0.478 e. The molecule has 7 nitrogen and oxygen atoms in total. The van der Waals surface area contributed by atoms with Crippen molar-refractivity contribution in [1.82, 2.24) is 9.97 Å². The third kappa shape index (κ3) is 4.45. The summed E-state index contributed by atoms with van der Waals surface area (Å²) in [6.07, 6.45) is 4.44. The number of nitrogens with zero attached hydrogens (tertiary/aromatic N) is 3. The zero-order chi connectivity index (χ0) is 19.9. The van der Waals surface area contributed by atoms with E-state index in [0.29, 0.717) is 17.1 Å². The fourth-order valence-electron chi connectivity index (χ4n) is 2.36. The second kappa shape index (κ2) is 8.38. The standard InChI is InChI=1S/C21H14N4O3/c22-11-17(20(26)25-18-8-6-16(7-9-18)21(27)28)10-14-12-23-19(24-13-14)15-4-2-1-3-5-15/h1-10,12-13H,(H,25,26)(H,27,28). The van der Waals surface area contributed by atoms with Crippen molar-refractivity contribution < 1.29 is 14.7 Å². The number of amides is 1. The van der Waals surface area contributed by atoms with Gasteiger partial charge in [-0.1, -0.05) is 30.3 Å². The van der Waals surface area contributed by atoms with Crippen LogP contribution < -0.4 is 5.32 Å². The number of carbonyl (C=O) groups excluding carboxylic acids is 1. The largest absolute Gasteiger partial charge is 0.478 e. The molecule has 28 heavy (non-hydrogen) atoms. The number of anilines is 1. The van der Waals surface area contributed by atoms with Gasteiger partial charge >= 0.3 is 5.97 Å². The Morgan fingerprint density at radius 2 is 1.64 bits per heavy atom. The topological polar surface area (TPSA) is 116 Å². The van der Waals surface area contributed by atoms with Crippen molar-refractivity contribution in [2.75, 3.05) is 5.32 Å². The summed E-state index contributed by atoms with van der Waals surface area (Å²) >= 11 is 0. The summed E-state index contributed by atoms with van der Waals surface area (Å²) in [7, 11) is 0. The Balaban J connectivity index is 1.75. The molecule has 0 aliphatic carbocycles. The molecule has 0 saturated heterocycles. The molecule has 1 heterocycles. The number of aromatic carboxylic acids is 1. The molecule has 3 rings (SSSR count). The molecule has 0 bridgehead atoms. The van der Waals surface area contributed by atoms with Crippen LogP contribution in [0.2, 0.25) is 0 Å². The van der Waals surface area contributed by atoms with Gasteiger partial charge in [0.05, 0.1) is 5.56 Å². The lowest BCUT2D eigenvalue weighted by atomic mass is 10.1. The van der Waals surface area contributed by atoms with Crippen molar-refractivity contribution in [3.8, 4) is 17.5 Å². The van der Waals surface area contributed by atoms with Crippen molar-refractivity contribution in [3.63, 3.8) is 0 Å². The fourth-order valence-corrected chi connectivity index (χ4v) is 2.36. The molecule has 1 amide bonds. The Kier molecular flexibility index (Phi) is 5.53. The monoisotopic (exact) mass is 370 g/mol. The number of carbonyl (C=O) groups is 2. The summed E-state index contributed by atoms with van der Waals surface area (Å²) in [4.78, 5) is 31.7. The number of nitrogens with one attached hydrogen (secondary N) is 1. The number of carboxylic acids is 1. The second-order valence-corrected chi connectivity index (χ2v) is 5.71. The molecule has 3 aromatic rings. The average Bonchev–Trinajstić information content (AvgIpc) is 2.73. The third-order valence-electron chi connectivity index (χ3n) is 3.77. The predicted molar refractivity (Wildman–Crippen MR) is 103 cm³/mol. The van der Waals surface area contributed by atoms with Gasteiger partial charge in [-0.2, -0.15) is 5.26 Å². The number of aromatic nitrogens is 2. The van der Waals surface area contributed by atoms with Crippen LogP contribution in [0.15, 0.2) is 72.6 Å². The van der Waals surface area contributed by atoms with Gasteiger partial charge < -0.3 is 10.4 Å². The first-order valence-corrected chi connectivity index (χ1v) is 8.21.